The van der Waals surface area contributed by atoms with Gasteiger partial charge in [0, 0.05) is 26.1 Å². The number of hydrogen-bond acceptors (Lipinski definition) is 4. The Morgan fingerprint density at radius 1 is 1.52 bits per heavy atom. The van der Waals surface area contributed by atoms with E-state index in [1.165, 1.54) is 6.92 Å². The minimum Gasteiger partial charge on any atom is -0.395 e. The van der Waals surface area contributed by atoms with Crippen molar-refractivity contribution in [2.24, 2.45) is 0 Å². The minimum absolute atomic E-state index is 0.00970. The van der Waals surface area contributed by atoms with Gasteiger partial charge in [0.2, 0.25) is 5.91 Å². The molecule has 1 aliphatic heterocycles. The van der Waals surface area contributed by atoms with Gasteiger partial charge >= 0.3 is 0 Å². The molecule has 1 unspecified atom stereocenters. The first kappa shape index (κ1) is 15.3. The van der Waals surface area contributed by atoms with Gasteiger partial charge in [-0.3, -0.25) is 14.7 Å². The lowest BCUT2D eigenvalue weighted by Crippen LogP contribution is -2.49. The van der Waals surface area contributed by atoms with Gasteiger partial charge in [-0.1, -0.05) is 13.3 Å². The summed E-state index contributed by atoms with van der Waals surface area (Å²) in [5, 5.41) is 9.78. The van der Waals surface area contributed by atoms with Crippen LogP contribution in [-0.2, 0) is 11.2 Å². The van der Waals surface area contributed by atoms with Gasteiger partial charge in [0.05, 0.1) is 11.4 Å². The number of aryl methyl sites for hydroxylation is 1. The molecule has 21 heavy (non-hydrogen) atoms. The molecule has 1 aliphatic rings. The van der Waals surface area contributed by atoms with E-state index in [1.807, 2.05) is 6.92 Å². The molecule has 1 saturated heterocycles. The zero-order valence-corrected chi connectivity index (χ0v) is 12.6. The lowest BCUT2D eigenvalue weighted by atomic mass is 10.0. The first-order chi connectivity index (χ1) is 10.0. The first-order valence-corrected chi connectivity index (χ1v) is 7.42. The van der Waals surface area contributed by atoms with E-state index in [0.717, 1.165) is 31.4 Å². The fraction of sp³-hybridized carbons (Fsp3) is 0.643. The van der Waals surface area contributed by atoms with Crippen molar-refractivity contribution in [3.05, 3.63) is 11.4 Å². The average Bonchev–Trinajstić information content (AvgIpc) is 2.80. The van der Waals surface area contributed by atoms with E-state index in [-0.39, 0.29) is 17.9 Å². The van der Waals surface area contributed by atoms with Crippen LogP contribution in [0.3, 0.4) is 0 Å². The largest absolute Gasteiger partial charge is 0.395 e. The first-order valence-electron chi connectivity index (χ1n) is 7.42. The molecule has 0 radical (unpaired) electrons. The molecule has 0 bridgehead atoms. The maximum atomic E-state index is 12.5. The van der Waals surface area contributed by atoms with Crippen molar-refractivity contribution in [3.63, 3.8) is 0 Å². The number of amides is 2. The second-order valence-electron chi connectivity index (χ2n) is 5.51. The number of H-pyrrole nitrogens is 1. The van der Waals surface area contributed by atoms with Gasteiger partial charge < -0.3 is 16.0 Å². The number of nitrogen functional groups attached to an aromatic ring is 1. The summed E-state index contributed by atoms with van der Waals surface area (Å²) >= 11 is 0. The molecule has 1 atom stereocenters. The summed E-state index contributed by atoms with van der Waals surface area (Å²) in [7, 11) is 0. The number of carbonyl (C=O) groups is 2. The molecular weight excluding hydrogens is 270 g/mol. The normalized spacial score (nSPS) is 18.6. The van der Waals surface area contributed by atoms with Crippen molar-refractivity contribution in [2.45, 2.75) is 45.6 Å². The summed E-state index contributed by atoms with van der Waals surface area (Å²) < 4.78 is 0. The van der Waals surface area contributed by atoms with Crippen molar-refractivity contribution in [1.82, 2.24) is 20.4 Å². The number of nitrogens with one attached hydrogen (secondary N) is 2. The highest BCUT2D eigenvalue weighted by Gasteiger charge is 2.28. The maximum absolute atomic E-state index is 12.5. The van der Waals surface area contributed by atoms with Crippen molar-refractivity contribution in [1.29, 1.82) is 0 Å². The molecule has 0 aromatic carbocycles. The topological polar surface area (TPSA) is 104 Å². The number of rotatable bonds is 4. The van der Waals surface area contributed by atoms with E-state index in [0.29, 0.717) is 24.5 Å². The van der Waals surface area contributed by atoms with Crippen LogP contribution in [0.2, 0.25) is 0 Å². The predicted octanol–water partition coefficient (Wildman–Crippen LogP) is 0.685. The smallest absolute Gasteiger partial charge is 0.276 e. The zero-order chi connectivity index (χ0) is 15.4. The van der Waals surface area contributed by atoms with Crippen LogP contribution in [0, 0.1) is 0 Å². The molecular formula is C14H23N5O2. The molecule has 7 heteroatoms. The third kappa shape index (κ3) is 3.53. The Hall–Kier alpha value is -2.05. The van der Waals surface area contributed by atoms with Gasteiger partial charge in [-0.05, 0) is 19.3 Å². The summed E-state index contributed by atoms with van der Waals surface area (Å²) in [6.45, 7) is 4.71. The standard InChI is InChI=1S/C14H23N5O2/c1-3-5-11-12(15)13(18-17-11)14(21)19-7-4-6-10(8-19)16-9(2)20/h10H,3-8,15H2,1-2H3,(H,16,20)(H,17,18). The van der Waals surface area contributed by atoms with Crippen LogP contribution in [0.25, 0.3) is 0 Å². The molecule has 116 valence electrons. The Morgan fingerprint density at radius 2 is 2.29 bits per heavy atom. The van der Waals surface area contributed by atoms with Gasteiger partial charge in [-0.25, -0.2) is 0 Å². The van der Waals surface area contributed by atoms with Gasteiger partial charge in [0.25, 0.3) is 5.91 Å². The number of aromatic amines is 1. The SMILES string of the molecule is CCCc1[nH]nc(C(=O)N2CCCC(NC(C)=O)C2)c1N. The molecule has 2 amide bonds. The molecule has 2 rings (SSSR count). The number of likely N-dealkylation sites (tertiary alicyclic amines) is 1. The molecule has 1 aromatic heterocycles. The van der Waals surface area contributed by atoms with E-state index in [9.17, 15) is 9.59 Å². The maximum Gasteiger partial charge on any atom is 0.276 e. The second kappa shape index (κ2) is 6.60. The number of anilines is 1. The second-order valence-corrected chi connectivity index (χ2v) is 5.51. The number of nitrogens with zero attached hydrogens (tertiary/aromatic N) is 2. The molecule has 7 nitrogen and oxygen atoms in total. The van der Waals surface area contributed by atoms with Crippen LogP contribution in [0.1, 0.15) is 49.3 Å². The molecule has 1 fully saturated rings. The average molecular weight is 293 g/mol. The van der Waals surface area contributed by atoms with E-state index >= 15 is 0 Å². The molecule has 0 spiro atoms. The summed E-state index contributed by atoms with van der Waals surface area (Å²) in [6.07, 6.45) is 3.47. The summed E-state index contributed by atoms with van der Waals surface area (Å²) in [6, 6.07) is 0.00970. The summed E-state index contributed by atoms with van der Waals surface area (Å²) in [4.78, 5) is 25.4. The summed E-state index contributed by atoms with van der Waals surface area (Å²) in [5.74, 6) is -0.236. The van der Waals surface area contributed by atoms with E-state index < -0.39 is 0 Å². The third-order valence-electron chi connectivity index (χ3n) is 3.70. The highest BCUT2D eigenvalue weighted by molar-refractivity contribution is 5.97. The van der Waals surface area contributed by atoms with Gasteiger partial charge in [0.15, 0.2) is 5.69 Å². The Kier molecular flexibility index (Phi) is 4.82. The van der Waals surface area contributed by atoms with Crippen molar-refractivity contribution in [3.8, 4) is 0 Å². The van der Waals surface area contributed by atoms with Crippen LogP contribution >= 0.6 is 0 Å². The van der Waals surface area contributed by atoms with Crippen LogP contribution in [0.4, 0.5) is 5.69 Å². The van der Waals surface area contributed by atoms with Crippen molar-refractivity contribution < 1.29 is 9.59 Å². The van der Waals surface area contributed by atoms with E-state index in [1.54, 1.807) is 4.90 Å². The van der Waals surface area contributed by atoms with E-state index in [2.05, 4.69) is 15.5 Å². The number of nitrogens with two attached hydrogens (primary N) is 1. The monoisotopic (exact) mass is 293 g/mol. The van der Waals surface area contributed by atoms with E-state index in [4.69, 9.17) is 5.73 Å². The lowest BCUT2D eigenvalue weighted by molar-refractivity contribution is -0.120. The quantitative estimate of drug-likeness (QED) is 0.759. The Labute approximate surface area is 124 Å². The molecule has 2 heterocycles. The molecule has 0 aliphatic carbocycles. The zero-order valence-electron chi connectivity index (χ0n) is 12.6. The molecule has 0 saturated carbocycles. The van der Waals surface area contributed by atoms with Gasteiger partial charge in [0.1, 0.15) is 0 Å². The number of carbonyl (C=O) groups excluding carboxylic acids is 2. The summed E-state index contributed by atoms with van der Waals surface area (Å²) in [5.41, 5.74) is 7.56. The lowest BCUT2D eigenvalue weighted by Gasteiger charge is -2.32. The minimum atomic E-state index is -0.166. The van der Waals surface area contributed by atoms with Gasteiger partial charge in [-0.15, -0.1) is 0 Å². The molecule has 1 aromatic rings. The van der Waals surface area contributed by atoms with Crippen molar-refractivity contribution in [2.75, 3.05) is 18.8 Å². The Bertz CT molecular complexity index is 525. The van der Waals surface area contributed by atoms with Crippen LogP contribution in [0.15, 0.2) is 0 Å². The highest BCUT2D eigenvalue weighted by atomic mass is 16.2. The van der Waals surface area contributed by atoms with Gasteiger partial charge in [-0.2, -0.15) is 5.10 Å². The molecule has 4 N–H and O–H groups in total. The third-order valence-corrected chi connectivity index (χ3v) is 3.70. The highest BCUT2D eigenvalue weighted by Crippen LogP contribution is 2.20. The Balaban J connectivity index is 2.07. The van der Waals surface area contributed by atoms with Crippen LogP contribution in [-0.4, -0.2) is 46.0 Å². The van der Waals surface area contributed by atoms with Crippen LogP contribution < -0.4 is 11.1 Å². The number of hydrogen-bond donors (Lipinski definition) is 3. The number of aromatic nitrogens is 2. The Morgan fingerprint density at radius 3 is 2.95 bits per heavy atom. The fourth-order valence-corrected chi connectivity index (χ4v) is 2.71. The fourth-order valence-electron chi connectivity index (χ4n) is 2.71. The predicted molar refractivity (Wildman–Crippen MR) is 79.7 cm³/mol. The van der Waals surface area contributed by atoms with Crippen molar-refractivity contribution >= 4 is 17.5 Å². The number of piperidine rings is 1. The van der Waals surface area contributed by atoms with Crippen LogP contribution in [0.5, 0.6) is 0 Å².